The van der Waals surface area contributed by atoms with Gasteiger partial charge in [-0.1, -0.05) is 12.1 Å². The molecule has 2 aromatic carbocycles. The predicted octanol–water partition coefficient (Wildman–Crippen LogP) is 4.21. The van der Waals surface area contributed by atoms with Crippen LogP contribution in [0.25, 0.3) is 11.0 Å². The third-order valence-corrected chi connectivity index (χ3v) is 4.09. The zero-order chi connectivity index (χ0) is 17.1. The van der Waals surface area contributed by atoms with Crippen molar-refractivity contribution in [3.05, 3.63) is 70.5 Å². The maximum absolute atomic E-state index is 12.1. The van der Waals surface area contributed by atoms with Gasteiger partial charge in [-0.05, 0) is 54.8 Å². The number of hydrogen-bond donors (Lipinski definition) is 0. The Bertz CT molecular complexity index is 930. The zero-order valence-corrected chi connectivity index (χ0v) is 13.6. The molecule has 4 heteroatoms. The van der Waals surface area contributed by atoms with Gasteiger partial charge in [-0.15, -0.1) is 0 Å². The van der Waals surface area contributed by atoms with Crippen molar-refractivity contribution in [2.45, 2.75) is 26.9 Å². The molecule has 0 saturated carbocycles. The van der Waals surface area contributed by atoms with Crippen LogP contribution in [0.5, 0.6) is 0 Å². The van der Waals surface area contributed by atoms with Crippen LogP contribution in [0.1, 0.15) is 27.8 Å². The largest absolute Gasteiger partial charge is 0.464 e. The summed E-state index contributed by atoms with van der Waals surface area (Å²) in [5, 5.41) is 9.72. The molecular weight excluding hydrogens is 302 g/mol. The minimum Gasteiger partial charge on any atom is -0.464 e. The highest BCUT2D eigenvalue weighted by Crippen LogP contribution is 2.25. The summed E-state index contributed by atoms with van der Waals surface area (Å²) in [6.45, 7) is 4.26. The van der Waals surface area contributed by atoms with Crippen LogP contribution >= 0.6 is 0 Å². The molecule has 0 aliphatic rings. The second-order valence-corrected chi connectivity index (χ2v) is 5.84. The third kappa shape index (κ3) is 3.31. The second-order valence-electron chi connectivity index (χ2n) is 5.84. The van der Waals surface area contributed by atoms with Crippen LogP contribution in [0.2, 0.25) is 0 Å². The molecule has 0 radical (unpaired) electrons. The van der Waals surface area contributed by atoms with Gasteiger partial charge in [0.05, 0.1) is 24.3 Å². The van der Waals surface area contributed by atoms with Crippen LogP contribution in [0.3, 0.4) is 0 Å². The number of ether oxygens (including phenoxy) is 1. The van der Waals surface area contributed by atoms with Gasteiger partial charge in [0, 0.05) is 10.9 Å². The number of nitrogens with zero attached hydrogens (tertiary/aromatic N) is 1. The van der Waals surface area contributed by atoms with E-state index in [-0.39, 0.29) is 19.0 Å². The van der Waals surface area contributed by atoms with E-state index in [0.29, 0.717) is 5.56 Å². The van der Waals surface area contributed by atoms with Crippen LogP contribution in [0, 0.1) is 25.2 Å². The molecule has 0 spiro atoms. The van der Waals surface area contributed by atoms with Gasteiger partial charge in [-0.3, -0.25) is 4.79 Å². The fraction of sp³-hybridized carbons (Fsp3) is 0.200. The molecule has 0 unspecified atom stereocenters. The Morgan fingerprint density at radius 1 is 1.17 bits per heavy atom. The molecule has 4 nitrogen and oxygen atoms in total. The minimum absolute atomic E-state index is 0.172. The highest BCUT2D eigenvalue weighted by molar-refractivity contribution is 5.86. The fourth-order valence-electron chi connectivity index (χ4n) is 2.52. The maximum atomic E-state index is 12.1. The molecular formula is C20H17NO3. The summed E-state index contributed by atoms with van der Waals surface area (Å²) in [4.78, 5) is 12.1. The molecule has 1 aromatic heterocycles. The molecule has 120 valence electrons. The number of carbonyl (C=O) groups is 1. The quantitative estimate of drug-likeness (QED) is 0.676. The molecule has 0 fully saturated rings. The molecule has 0 atom stereocenters. The predicted molar refractivity (Wildman–Crippen MR) is 90.3 cm³/mol. The number of aryl methyl sites for hydroxylation is 2. The van der Waals surface area contributed by atoms with E-state index in [1.807, 2.05) is 26.0 Å². The molecule has 0 aliphatic heterocycles. The lowest BCUT2D eigenvalue weighted by Crippen LogP contribution is -2.07. The topological polar surface area (TPSA) is 63.2 Å². The first-order valence-electron chi connectivity index (χ1n) is 7.69. The van der Waals surface area contributed by atoms with Gasteiger partial charge < -0.3 is 9.15 Å². The van der Waals surface area contributed by atoms with Crippen molar-refractivity contribution in [3.8, 4) is 6.07 Å². The first-order chi connectivity index (χ1) is 11.6. The number of benzene rings is 2. The Hall–Kier alpha value is -3.06. The monoisotopic (exact) mass is 319 g/mol. The highest BCUT2D eigenvalue weighted by atomic mass is 16.5. The molecule has 1 heterocycles. The van der Waals surface area contributed by atoms with Gasteiger partial charge in [-0.2, -0.15) is 5.26 Å². The lowest BCUT2D eigenvalue weighted by Gasteiger charge is -2.05. The van der Waals surface area contributed by atoms with Crippen molar-refractivity contribution in [2.75, 3.05) is 0 Å². The van der Waals surface area contributed by atoms with Crippen molar-refractivity contribution >= 4 is 16.9 Å². The normalized spacial score (nSPS) is 10.5. The summed E-state index contributed by atoms with van der Waals surface area (Å²) >= 11 is 0. The standard InChI is InChI=1S/C20H17NO3/c1-13-7-18-17(12-23-19(18)8-14(13)2)9-20(22)24-11-16-5-3-15(10-21)4-6-16/h3-8,12H,9,11H2,1-2H3. The number of esters is 1. The van der Waals surface area contributed by atoms with Crippen LogP contribution in [-0.2, 0) is 22.6 Å². The summed E-state index contributed by atoms with van der Waals surface area (Å²) in [6.07, 6.45) is 1.79. The minimum atomic E-state index is -0.305. The molecule has 0 N–H and O–H groups in total. The van der Waals surface area contributed by atoms with Crippen molar-refractivity contribution in [1.29, 1.82) is 5.26 Å². The van der Waals surface area contributed by atoms with Gasteiger partial charge >= 0.3 is 5.97 Å². The molecule has 24 heavy (non-hydrogen) atoms. The number of carbonyl (C=O) groups excluding carboxylic acids is 1. The van der Waals surface area contributed by atoms with Crippen LogP contribution in [-0.4, -0.2) is 5.97 Å². The first kappa shape index (κ1) is 15.8. The van der Waals surface area contributed by atoms with Crippen LogP contribution in [0.4, 0.5) is 0 Å². The number of furan rings is 1. The van der Waals surface area contributed by atoms with E-state index in [0.717, 1.165) is 33.2 Å². The molecule has 0 bridgehead atoms. The molecule has 3 aromatic rings. The molecule has 0 amide bonds. The van der Waals surface area contributed by atoms with Crippen molar-refractivity contribution < 1.29 is 13.9 Å². The molecule has 0 saturated heterocycles. The van der Waals surface area contributed by atoms with Crippen molar-refractivity contribution in [2.24, 2.45) is 0 Å². The third-order valence-electron chi connectivity index (χ3n) is 4.09. The van der Waals surface area contributed by atoms with Gasteiger partial charge in [-0.25, -0.2) is 0 Å². The first-order valence-corrected chi connectivity index (χ1v) is 7.69. The summed E-state index contributed by atoms with van der Waals surface area (Å²) < 4.78 is 10.8. The summed E-state index contributed by atoms with van der Waals surface area (Å²) in [5.41, 5.74) is 5.38. The lowest BCUT2D eigenvalue weighted by molar-refractivity contribution is -0.144. The van der Waals surface area contributed by atoms with Gasteiger partial charge in [0.15, 0.2) is 0 Å². The van der Waals surface area contributed by atoms with Gasteiger partial charge in [0.1, 0.15) is 12.2 Å². The molecule has 0 aliphatic carbocycles. The van der Waals surface area contributed by atoms with E-state index in [4.69, 9.17) is 14.4 Å². The Morgan fingerprint density at radius 3 is 2.58 bits per heavy atom. The Kier molecular flexibility index (Phi) is 4.35. The van der Waals surface area contributed by atoms with E-state index in [1.54, 1.807) is 30.5 Å². The van der Waals surface area contributed by atoms with E-state index in [2.05, 4.69) is 6.07 Å². The smallest absolute Gasteiger partial charge is 0.310 e. The van der Waals surface area contributed by atoms with E-state index < -0.39 is 0 Å². The maximum Gasteiger partial charge on any atom is 0.310 e. The Labute approximate surface area is 140 Å². The van der Waals surface area contributed by atoms with Gasteiger partial charge in [0.2, 0.25) is 0 Å². The molecule has 3 rings (SSSR count). The average molecular weight is 319 g/mol. The van der Waals surface area contributed by atoms with E-state index >= 15 is 0 Å². The number of hydrogen-bond acceptors (Lipinski definition) is 4. The van der Waals surface area contributed by atoms with E-state index in [9.17, 15) is 4.79 Å². The SMILES string of the molecule is Cc1cc2occ(CC(=O)OCc3ccc(C#N)cc3)c2cc1C. The second kappa shape index (κ2) is 6.59. The van der Waals surface area contributed by atoms with Crippen LogP contribution < -0.4 is 0 Å². The summed E-state index contributed by atoms with van der Waals surface area (Å²) in [5.74, 6) is -0.305. The summed E-state index contributed by atoms with van der Waals surface area (Å²) in [6, 6.07) is 13.1. The van der Waals surface area contributed by atoms with Crippen molar-refractivity contribution in [3.63, 3.8) is 0 Å². The number of fused-ring (bicyclic) bond motifs is 1. The highest BCUT2D eigenvalue weighted by Gasteiger charge is 2.12. The Balaban J connectivity index is 1.66. The number of nitriles is 1. The Morgan fingerprint density at radius 2 is 1.88 bits per heavy atom. The number of rotatable bonds is 4. The fourth-order valence-corrected chi connectivity index (χ4v) is 2.52. The average Bonchev–Trinajstić information content (AvgIpc) is 2.95. The zero-order valence-electron chi connectivity index (χ0n) is 13.6. The summed E-state index contributed by atoms with van der Waals surface area (Å²) in [7, 11) is 0. The lowest BCUT2D eigenvalue weighted by atomic mass is 10.0. The van der Waals surface area contributed by atoms with E-state index in [1.165, 1.54) is 0 Å². The van der Waals surface area contributed by atoms with Crippen molar-refractivity contribution in [1.82, 2.24) is 0 Å². The van der Waals surface area contributed by atoms with Gasteiger partial charge in [0.25, 0.3) is 0 Å². The van der Waals surface area contributed by atoms with Crippen LogP contribution in [0.15, 0.2) is 47.1 Å².